The fraction of sp³-hybridized carbons (Fsp3) is 0.667. The topological polar surface area (TPSA) is 28.4 Å². The third-order valence-corrected chi connectivity index (χ3v) is 2.97. The number of hydrogen-bond acceptors (Lipinski definition) is 3. The molecule has 15 heavy (non-hydrogen) atoms. The molecule has 0 saturated carbocycles. The van der Waals surface area contributed by atoms with Gasteiger partial charge in [-0.05, 0) is 32.4 Å². The number of furan rings is 1. The SMILES string of the molecule is Cc1ccoc1CN1CC(C)NC(C)C1. The molecule has 0 amide bonds. The Kier molecular flexibility index (Phi) is 3.12. The molecule has 1 fully saturated rings. The van der Waals surface area contributed by atoms with E-state index < -0.39 is 0 Å². The predicted octanol–water partition coefficient (Wildman–Crippen LogP) is 1.77. The molecule has 1 N–H and O–H groups in total. The highest BCUT2D eigenvalue weighted by Gasteiger charge is 2.21. The summed E-state index contributed by atoms with van der Waals surface area (Å²) in [6, 6.07) is 3.18. The number of nitrogens with one attached hydrogen (secondary N) is 1. The number of hydrogen-bond donors (Lipinski definition) is 1. The van der Waals surface area contributed by atoms with Crippen LogP contribution in [0.3, 0.4) is 0 Å². The zero-order chi connectivity index (χ0) is 10.8. The second kappa shape index (κ2) is 4.37. The molecule has 1 aliphatic heterocycles. The van der Waals surface area contributed by atoms with Gasteiger partial charge in [-0.15, -0.1) is 0 Å². The second-order valence-corrected chi connectivity index (χ2v) is 4.69. The average molecular weight is 208 g/mol. The van der Waals surface area contributed by atoms with Crippen LogP contribution in [0, 0.1) is 6.92 Å². The Hall–Kier alpha value is -0.800. The molecule has 2 heterocycles. The number of rotatable bonds is 2. The van der Waals surface area contributed by atoms with Gasteiger partial charge in [0.15, 0.2) is 0 Å². The molecule has 0 aliphatic carbocycles. The van der Waals surface area contributed by atoms with Crippen LogP contribution in [0.2, 0.25) is 0 Å². The lowest BCUT2D eigenvalue weighted by molar-refractivity contribution is 0.156. The van der Waals surface area contributed by atoms with Gasteiger partial charge in [-0.25, -0.2) is 0 Å². The van der Waals surface area contributed by atoms with E-state index in [4.69, 9.17) is 4.42 Å². The second-order valence-electron chi connectivity index (χ2n) is 4.69. The van der Waals surface area contributed by atoms with Crippen LogP contribution in [-0.2, 0) is 6.54 Å². The van der Waals surface area contributed by atoms with E-state index in [1.54, 1.807) is 6.26 Å². The van der Waals surface area contributed by atoms with Crippen LogP contribution in [0.4, 0.5) is 0 Å². The molecule has 3 nitrogen and oxygen atoms in total. The van der Waals surface area contributed by atoms with Gasteiger partial charge in [-0.1, -0.05) is 0 Å². The summed E-state index contributed by atoms with van der Waals surface area (Å²) in [5.41, 5.74) is 1.26. The van der Waals surface area contributed by atoms with Crippen molar-refractivity contribution in [1.82, 2.24) is 10.2 Å². The maximum absolute atomic E-state index is 5.48. The minimum absolute atomic E-state index is 0.573. The van der Waals surface area contributed by atoms with Crippen molar-refractivity contribution in [3.8, 4) is 0 Å². The van der Waals surface area contributed by atoms with Crippen molar-refractivity contribution >= 4 is 0 Å². The number of nitrogens with zero attached hydrogens (tertiary/aromatic N) is 1. The Morgan fingerprint density at radius 3 is 2.60 bits per heavy atom. The Morgan fingerprint density at radius 2 is 2.07 bits per heavy atom. The van der Waals surface area contributed by atoms with E-state index in [-0.39, 0.29) is 0 Å². The van der Waals surface area contributed by atoms with E-state index in [0.717, 1.165) is 25.4 Å². The van der Waals surface area contributed by atoms with Gasteiger partial charge in [0, 0.05) is 25.2 Å². The van der Waals surface area contributed by atoms with Crippen molar-refractivity contribution < 1.29 is 4.42 Å². The van der Waals surface area contributed by atoms with Crippen molar-refractivity contribution in [2.45, 2.75) is 39.4 Å². The summed E-state index contributed by atoms with van der Waals surface area (Å²) in [5.74, 6) is 1.11. The molecule has 1 saturated heterocycles. The fourth-order valence-corrected chi connectivity index (χ4v) is 2.34. The highest BCUT2D eigenvalue weighted by atomic mass is 16.3. The van der Waals surface area contributed by atoms with Crippen LogP contribution in [0.25, 0.3) is 0 Å². The lowest BCUT2D eigenvalue weighted by atomic mass is 10.1. The van der Waals surface area contributed by atoms with Crippen molar-refractivity contribution in [3.05, 3.63) is 23.7 Å². The Morgan fingerprint density at radius 1 is 1.40 bits per heavy atom. The predicted molar refractivity (Wildman–Crippen MR) is 60.8 cm³/mol. The molecule has 0 radical (unpaired) electrons. The number of aryl methyl sites for hydroxylation is 1. The molecule has 0 aromatic carbocycles. The average Bonchev–Trinajstić information content (AvgIpc) is 2.50. The van der Waals surface area contributed by atoms with Gasteiger partial charge in [0.1, 0.15) is 5.76 Å². The van der Waals surface area contributed by atoms with Gasteiger partial charge in [0.25, 0.3) is 0 Å². The highest BCUT2D eigenvalue weighted by Crippen LogP contribution is 2.14. The summed E-state index contributed by atoms with van der Waals surface area (Å²) in [6.07, 6.45) is 1.78. The molecule has 1 aromatic rings. The van der Waals surface area contributed by atoms with Crippen LogP contribution in [0.5, 0.6) is 0 Å². The summed E-state index contributed by atoms with van der Waals surface area (Å²) in [7, 11) is 0. The monoisotopic (exact) mass is 208 g/mol. The van der Waals surface area contributed by atoms with E-state index in [1.807, 2.05) is 6.07 Å². The van der Waals surface area contributed by atoms with E-state index >= 15 is 0 Å². The largest absolute Gasteiger partial charge is 0.468 e. The zero-order valence-corrected chi connectivity index (χ0v) is 9.79. The van der Waals surface area contributed by atoms with Crippen LogP contribution in [0.1, 0.15) is 25.2 Å². The van der Waals surface area contributed by atoms with E-state index in [2.05, 4.69) is 31.0 Å². The molecule has 2 atom stereocenters. The van der Waals surface area contributed by atoms with Crippen molar-refractivity contribution in [2.75, 3.05) is 13.1 Å². The maximum atomic E-state index is 5.48. The van der Waals surface area contributed by atoms with Gasteiger partial charge in [-0.2, -0.15) is 0 Å². The summed E-state index contributed by atoms with van der Waals surface area (Å²) < 4.78 is 5.48. The third kappa shape index (κ3) is 2.61. The molecular formula is C12H20N2O. The fourth-order valence-electron chi connectivity index (χ4n) is 2.34. The molecule has 1 aromatic heterocycles. The van der Waals surface area contributed by atoms with Crippen molar-refractivity contribution in [2.24, 2.45) is 0 Å². The Balaban J connectivity index is 1.97. The molecular weight excluding hydrogens is 188 g/mol. The van der Waals surface area contributed by atoms with E-state index in [0.29, 0.717) is 12.1 Å². The summed E-state index contributed by atoms with van der Waals surface area (Å²) in [5, 5.41) is 3.53. The summed E-state index contributed by atoms with van der Waals surface area (Å²) in [4.78, 5) is 2.46. The standard InChI is InChI=1S/C12H20N2O/c1-9-4-5-15-12(9)8-14-6-10(2)13-11(3)7-14/h4-5,10-11,13H,6-8H2,1-3H3. The van der Waals surface area contributed by atoms with Gasteiger partial charge < -0.3 is 9.73 Å². The van der Waals surface area contributed by atoms with Crippen LogP contribution in [0.15, 0.2) is 16.7 Å². The molecule has 0 bridgehead atoms. The smallest absolute Gasteiger partial charge is 0.120 e. The third-order valence-electron chi connectivity index (χ3n) is 2.97. The molecule has 2 rings (SSSR count). The minimum atomic E-state index is 0.573. The first-order valence-electron chi connectivity index (χ1n) is 5.66. The first kappa shape index (κ1) is 10.7. The van der Waals surface area contributed by atoms with Gasteiger partial charge in [0.2, 0.25) is 0 Å². The highest BCUT2D eigenvalue weighted by molar-refractivity contribution is 5.14. The minimum Gasteiger partial charge on any atom is -0.468 e. The normalized spacial score (nSPS) is 28.2. The lowest BCUT2D eigenvalue weighted by Gasteiger charge is -2.35. The lowest BCUT2D eigenvalue weighted by Crippen LogP contribution is -2.53. The Bertz CT molecular complexity index is 311. The van der Waals surface area contributed by atoms with Crippen LogP contribution in [-0.4, -0.2) is 30.1 Å². The molecule has 0 spiro atoms. The maximum Gasteiger partial charge on any atom is 0.120 e. The number of piperazine rings is 1. The van der Waals surface area contributed by atoms with Crippen LogP contribution >= 0.6 is 0 Å². The zero-order valence-electron chi connectivity index (χ0n) is 9.79. The summed E-state index contributed by atoms with van der Waals surface area (Å²) >= 11 is 0. The first-order valence-corrected chi connectivity index (χ1v) is 5.66. The van der Waals surface area contributed by atoms with Gasteiger partial charge in [-0.3, -0.25) is 4.90 Å². The molecule has 2 unspecified atom stereocenters. The van der Waals surface area contributed by atoms with Crippen LogP contribution < -0.4 is 5.32 Å². The van der Waals surface area contributed by atoms with Gasteiger partial charge >= 0.3 is 0 Å². The summed E-state index contributed by atoms with van der Waals surface area (Å²) in [6.45, 7) is 9.72. The van der Waals surface area contributed by atoms with Crippen molar-refractivity contribution in [1.29, 1.82) is 0 Å². The van der Waals surface area contributed by atoms with Crippen molar-refractivity contribution in [3.63, 3.8) is 0 Å². The van der Waals surface area contributed by atoms with E-state index in [1.165, 1.54) is 5.56 Å². The molecule has 3 heteroatoms. The molecule has 84 valence electrons. The van der Waals surface area contributed by atoms with E-state index in [9.17, 15) is 0 Å². The quantitative estimate of drug-likeness (QED) is 0.803. The molecule has 1 aliphatic rings. The Labute approximate surface area is 91.4 Å². The van der Waals surface area contributed by atoms with Gasteiger partial charge in [0.05, 0.1) is 12.8 Å². The first-order chi connectivity index (χ1) is 7.15.